The highest BCUT2D eigenvalue weighted by Gasteiger charge is 2.30. The summed E-state index contributed by atoms with van der Waals surface area (Å²) in [6.45, 7) is 0.458. The highest BCUT2D eigenvalue weighted by molar-refractivity contribution is 7.99. The third kappa shape index (κ3) is 4.34. The van der Waals surface area contributed by atoms with Crippen molar-refractivity contribution in [3.05, 3.63) is 70.3 Å². The van der Waals surface area contributed by atoms with Crippen LogP contribution >= 0.6 is 23.4 Å². The van der Waals surface area contributed by atoms with Crippen molar-refractivity contribution < 1.29 is 14.3 Å². The van der Waals surface area contributed by atoms with Crippen LogP contribution in [-0.4, -0.2) is 43.8 Å². The van der Waals surface area contributed by atoms with Crippen molar-refractivity contribution in [1.29, 1.82) is 0 Å². The molecule has 0 aliphatic carbocycles. The lowest BCUT2D eigenvalue weighted by molar-refractivity contribution is -0.137. The quantitative estimate of drug-likeness (QED) is 0.519. The summed E-state index contributed by atoms with van der Waals surface area (Å²) in [5, 5.41) is 18.9. The monoisotopic (exact) mass is 459 g/mol. The van der Waals surface area contributed by atoms with E-state index in [1.807, 2.05) is 10.6 Å². The van der Waals surface area contributed by atoms with Gasteiger partial charge in [-0.1, -0.05) is 35.5 Å². The average Bonchev–Trinajstić information content (AvgIpc) is 3.11. The fourth-order valence-electron chi connectivity index (χ4n) is 3.46. The smallest absolute Gasteiger partial charge is 0.303 e. The van der Waals surface area contributed by atoms with Gasteiger partial charge in [0, 0.05) is 34.9 Å². The van der Waals surface area contributed by atoms with Crippen LogP contribution in [0.15, 0.2) is 52.6 Å². The molecule has 1 aliphatic rings. The van der Waals surface area contributed by atoms with Crippen molar-refractivity contribution in [2.75, 3.05) is 12.3 Å². The van der Waals surface area contributed by atoms with Crippen molar-refractivity contribution in [3.8, 4) is 5.69 Å². The SMILES string of the molecule is NCCSc1nnc2n1-c1ccc(Cl)cc1C(c1ccccc1F)=N[C@H]2CCC(=O)O. The fourth-order valence-corrected chi connectivity index (χ4v) is 4.36. The molecule has 0 amide bonds. The number of carbonyl (C=O) groups is 1. The van der Waals surface area contributed by atoms with Gasteiger partial charge in [-0.2, -0.15) is 0 Å². The Kier molecular flexibility index (Phi) is 6.35. The first-order valence-electron chi connectivity index (χ1n) is 9.62. The molecule has 4 rings (SSSR count). The molecule has 31 heavy (non-hydrogen) atoms. The number of halogens is 2. The Hall–Kier alpha value is -2.75. The Balaban J connectivity index is 1.97. The van der Waals surface area contributed by atoms with E-state index in [2.05, 4.69) is 10.2 Å². The first-order chi connectivity index (χ1) is 15.0. The van der Waals surface area contributed by atoms with Crippen molar-refractivity contribution in [3.63, 3.8) is 0 Å². The maximum absolute atomic E-state index is 14.8. The molecular weight excluding hydrogens is 441 g/mol. The number of nitrogens with two attached hydrogens (primary N) is 1. The maximum Gasteiger partial charge on any atom is 0.303 e. The minimum atomic E-state index is -0.948. The second-order valence-corrected chi connectivity index (χ2v) is 8.38. The Morgan fingerprint density at radius 2 is 2.03 bits per heavy atom. The highest BCUT2D eigenvalue weighted by Crippen LogP contribution is 2.36. The van der Waals surface area contributed by atoms with E-state index in [4.69, 9.17) is 22.3 Å². The molecule has 10 heteroatoms. The van der Waals surface area contributed by atoms with Crippen molar-refractivity contribution in [1.82, 2.24) is 14.8 Å². The van der Waals surface area contributed by atoms with E-state index in [0.29, 0.717) is 50.8 Å². The Morgan fingerprint density at radius 1 is 1.23 bits per heavy atom. The van der Waals surface area contributed by atoms with Crippen LogP contribution in [0.1, 0.15) is 35.8 Å². The second kappa shape index (κ2) is 9.17. The normalized spacial score (nSPS) is 15.1. The lowest BCUT2D eigenvalue weighted by Gasteiger charge is -2.14. The molecule has 2 aromatic carbocycles. The summed E-state index contributed by atoms with van der Waals surface area (Å²) in [4.78, 5) is 16.1. The molecule has 7 nitrogen and oxygen atoms in total. The zero-order valence-electron chi connectivity index (χ0n) is 16.3. The van der Waals surface area contributed by atoms with Gasteiger partial charge in [-0.25, -0.2) is 4.39 Å². The number of hydrogen-bond acceptors (Lipinski definition) is 6. The molecule has 1 aromatic heterocycles. The van der Waals surface area contributed by atoms with E-state index >= 15 is 0 Å². The number of nitrogens with zero attached hydrogens (tertiary/aromatic N) is 4. The summed E-state index contributed by atoms with van der Waals surface area (Å²) in [6, 6.07) is 11.0. The molecule has 0 bridgehead atoms. The Bertz CT molecular complexity index is 1170. The van der Waals surface area contributed by atoms with Crippen LogP contribution in [0.5, 0.6) is 0 Å². The number of fused-ring (bicyclic) bond motifs is 3. The molecular formula is C21H19ClFN5O2S. The van der Waals surface area contributed by atoms with Crippen LogP contribution < -0.4 is 5.73 Å². The Labute approximate surface area is 187 Å². The molecule has 1 atom stereocenters. The van der Waals surface area contributed by atoms with Crippen LogP contribution in [0.2, 0.25) is 5.02 Å². The third-order valence-electron chi connectivity index (χ3n) is 4.81. The van der Waals surface area contributed by atoms with Crippen molar-refractivity contribution in [2.24, 2.45) is 10.7 Å². The lowest BCUT2D eigenvalue weighted by Crippen LogP contribution is -2.10. The molecule has 0 spiro atoms. The molecule has 0 radical (unpaired) electrons. The molecule has 2 heterocycles. The summed E-state index contributed by atoms with van der Waals surface area (Å²) in [5.41, 5.74) is 7.68. The number of aliphatic carboxylic acids is 1. The predicted octanol–water partition coefficient (Wildman–Crippen LogP) is 3.87. The van der Waals surface area contributed by atoms with E-state index < -0.39 is 17.8 Å². The number of aromatic nitrogens is 3. The molecule has 0 unspecified atom stereocenters. The topological polar surface area (TPSA) is 106 Å². The molecule has 160 valence electrons. The molecule has 0 saturated carbocycles. The highest BCUT2D eigenvalue weighted by atomic mass is 35.5. The number of thioether (sulfide) groups is 1. The van der Waals surface area contributed by atoms with Gasteiger partial charge in [-0.15, -0.1) is 10.2 Å². The number of aliphatic imine (C=N–C) groups is 1. The largest absolute Gasteiger partial charge is 0.481 e. The number of carboxylic acid groups (broad SMARTS) is 1. The molecule has 0 saturated heterocycles. The van der Waals surface area contributed by atoms with Gasteiger partial charge in [0.25, 0.3) is 0 Å². The first kappa shape index (κ1) is 21.5. The van der Waals surface area contributed by atoms with E-state index in [9.17, 15) is 14.3 Å². The van der Waals surface area contributed by atoms with E-state index in [0.717, 1.165) is 0 Å². The number of rotatable bonds is 7. The van der Waals surface area contributed by atoms with Crippen molar-refractivity contribution >= 4 is 35.0 Å². The van der Waals surface area contributed by atoms with Gasteiger partial charge in [0.15, 0.2) is 11.0 Å². The average molecular weight is 460 g/mol. The van der Waals surface area contributed by atoms with Crippen LogP contribution in [0, 0.1) is 5.82 Å². The zero-order valence-corrected chi connectivity index (χ0v) is 17.9. The summed E-state index contributed by atoms with van der Waals surface area (Å²) >= 11 is 7.73. The van der Waals surface area contributed by atoms with Crippen molar-refractivity contribution in [2.45, 2.75) is 24.0 Å². The minimum Gasteiger partial charge on any atom is -0.481 e. The lowest BCUT2D eigenvalue weighted by atomic mass is 10.00. The van der Waals surface area contributed by atoms with E-state index in [1.165, 1.54) is 17.8 Å². The third-order valence-corrected chi connectivity index (χ3v) is 6.00. The minimum absolute atomic E-state index is 0.117. The summed E-state index contributed by atoms with van der Waals surface area (Å²) in [7, 11) is 0. The molecule has 3 aromatic rings. The number of hydrogen-bond donors (Lipinski definition) is 2. The fraction of sp³-hybridized carbons (Fsp3) is 0.238. The van der Waals surface area contributed by atoms with Crippen LogP contribution in [0.4, 0.5) is 4.39 Å². The van der Waals surface area contributed by atoms with Gasteiger partial charge >= 0.3 is 5.97 Å². The van der Waals surface area contributed by atoms with Gasteiger partial charge < -0.3 is 10.8 Å². The zero-order chi connectivity index (χ0) is 22.0. The molecule has 3 N–H and O–H groups in total. The van der Waals surface area contributed by atoms with E-state index in [1.54, 1.807) is 30.3 Å². The second-order valence-electron chi connectivity index (χ2n) is 6.88. The summed E-state index contributed by atoms with van der Waals surface area (Å²) in [5.74, 6) is -0.256. The van der Waals surface area contributed by atoms with Crippen LogP contribution in [-0.2, 0) is 4.79 Å². The van der Waals surface area contributed by atoms with Gasteiger partial charge in [-0.05, 0) is 36.8 Å². The van der Waals surface area contributed by atoms with E-state index in [-0.39, 0.29) is 12.8 Å². The molecule has 0 fully saturated rings. The van der Waals surface area contributed by atoms with Crippen LogP contribution in [0.25, 0.3) is 5.69 Å². The van der Waals surface area contributed by atoms with Crippen LogP contribution in [0.3, 0.4) is 0 Å². The van der Waals surface area contributed by atoms with Gasteiger partial charge in [0.05, 0.1) is 11.4 Å². The van der Waals surface area contributed by atoms with Gasteiger partial charge in [-0.3, -0.25) is 14.4 Å². The first-order valence-corrected chi connectivity index (χ1v) is 11.0. The predicted molar refractivity (Wildman–Crippen MR) is 118 cm³/mol. The standard InChI is InChI=1S/C21H19ClFN5O2S/c22-12-5-7-17-14(11-12)19(13-3-1-2-4-15(13)23)25-16(6-8-18(29)30)20-26-27-21(28(17)20)31-10-9-24/h1-5,7,11,16H,6,8-10,24H2,(H,29,30)/t16-/m0/s1. The van der Waals surface area contributed by atoms with Gasteiger partial charge in [0.2, 0.25) is 0 Å². The Morgan fingerprint density at radius 3 is 2.77 bits per heavy atom. The number of benzene rings is 2. The number of carboxylic acids is 1. The maximum atomic E-state index is 14.8. The van der Waals surface area contributed by atoms with Gasteiger partial charge in [0.1, 0.15) is 11.9 Å². The summed E-state index contributed by atoms with van der Waals surface area (Å²) < 4.78 is 16.6. The summed E-state index contributed by atoms with van der Waals surface area (Å²) in [6.07, 6.45) is 0.0721. The molecule has 1 aliphatic heterocycles.